The number of hydrogen-bond acceptors (Lipinski definition) is 2. The summed E-state index contributed by atoms with van der Waals surface area (Å²) in [5, 5.41) is 0.916. The second-order valence-corrected chi connectivity index (χ2v) is 5.35. The Kier molecular flexibility index (Phi) is 7.27. The monoisotopic (exact) mass is 367 g/mol. The number of methoxy groups -OCH3 is 1. The summed E-state index contributed by atoms with van der Waals surface area (Å²) in [7, 11) is 1.70. The Morgan fingerprint density at radius 1 is 1.35 bits per heavy atom. The molecule has 0 fully saturated rings. The summed E-state index contributed by atoms with van der Waals surface area (Å²) in [6.07, 6.45) is 0. The van der Waals surface area contributed by atoms with Crippen molar-refractivity contribution in [3.05, 3.63) is 34.1 Å². The largest absolute Gasteiger partial charge is 0.383 e. The fourth-order valence-corrected chi connectivity index (χ4v) is 2.43. The second kappa shape index (κ2) is 8.19. The van der Waals surface area contributed by atoms with Gasteiger partial charge in [-0.15, -0.1) is 0 Å². The number of alkyl halides is 1. The van der Waals surface area contributed by atoms with Gasteiger partial charge in [-0.3, -0.25) is 4.90 Å². The summed E-state index contributed by atoms with van der Waals surface area (Å²) < 4.78 is 18.7. The van der Waals surface area contributed by atoms with Crippen LogP contribution in [0.2, 0.25) is 0 Å². The van der Waals surface area contributed by atoms with Crippen molar-refractivity contribution >= 4 is 31.9 Å². The fourth-order valence-electron chi connectivity index (χ4n) is 1.51. The van der Waals surface area contributed by atoms with E-state index < -0.39 is 0 Å². The lowest BCUT2D eigenvalue weighted by Crippen LogP contribution is -2.28. The van der Waals surface area contributed by atoms with Gasteiger partial charge in [0, 0.05) is 32.1 Å². The molecular weight excluding hydrogens is 353 g/mol. The minimum absolute atomic E-state index is 0.224. The van der Waals surface area contributed by atoms with Crippen molar-refractivity contribution in [3.8, 4) is 0 Å². The maximum absolute atomic E-state index is 13.1. The molecule has 0 amide bonds. The van der Waals surface area contributed by atoms with Crippen LogP contribution in [0.25, 0.3) is 0 Å². The van der Waals surface area contributed by atoms with E-state index in [4.69, 9.17) is 4.74 Å². The van der Waals surface area contributed by atoms with E-state index in [-0.39, 0.29) is 5.82 Å². The van der Waals surface area contributed by atoms with Crippen LogP contribution in [0, 0.1) is 5.82 Å². The quantitative estimate of drug-likeness (QED) is 0.683. The van der Waals surface area contributed by atoms with Crippen molar-refractivity contribution in [2.45, 2.75) is 6.54 Å². The van der Waals surface area contributed by atoms with Crippen LogP contribution in [0.15, 0.2) is 22.7 Å². The van der Waals surface area contributed by atoms with Gasteiger partial charge in [-0.1, -0.05) is 22.0 Å². The van der Waals surface area contributed by atoms with E-state index in [0.29, 0.717) is 11.1 Å². The van der Waals surface area contributed by atoms with Gasteiger partial charge in [0.25, 0.3) is 0 Å². The first-order valence-corrected chi connectivity index (χ1v) is 7.30. The Labute approximate surface area is 118 Å². The van der Waals surface area contributed by atoms with E-state index in [0.717, 1.165) is 30.5 Å². The summed E-state index contributed by atoms with van der Waals surface area (Å²) in [4.78, 5) is 2.26. The minimum atomic E-state index is -0.224. The summed E-state index contributed by atoms with van der Waals surface area (Å²) in [5.41, 5.74) is 1.09. The third kappa shape index (κ3) is 5.46. The van der Waals surface area contributed by atoms with Gasteiger partial charge in [0.1, 0.15) is 5.82 Å². The minimum Gasteiger partial charge on any atom is -0.383 e. The molecule has 0 aliphatic rings. The number of halogens is 3. The van der Waals surface area contributed by atoms with Gasteiger partial charge in [-0.2, -0.15) is 0 Å². The number of benzene rings is 1. The fraction of sp³-hybridized carbons (Fsp3) is 0.500. The van der Waals surface area contributed by atoms with Gasteiger partial charge in [0.2, 0.25) is 0 Å². The van der Waals surface area contributed by atoms with Crippen LogP contribution in [0.1, 0.15) is 5.56 Å². The summed E-state index contributed by atoms with van der Waals surface area (Å²) >= 11 is 6.63. The highest BCUT2D eigenvalue weighted by Crippen LogP contribution is 2.18. The van der Waals surface area contributed by atoms with Gasteiger partial charge >= 0.3 is 0 Å². The molecule has 0 bridgehead atoms. The first kappa shape index (κ1) is 15.1. The molecule has 0 radical (unpaired) electrons. The zero-order chi connectivity index (χ0) is 12.7. The highest BCUT2D eigenvalue weighted by Gasteiger charge is 2.07. The highest BCUT2D eigenvalue weighted by atomic mass is 79.9. The Morgan fingerprint density at radius 3 is 2.71 bits per heavy atom. The van der Waals surface area contributed by atoms with Crippen LogP contribution >= 0.6 is 31.9 Å². The molecule has 0 spiro atoms. The topological polar surface area (TPSA) is 12.5 Å². The van der Waals surface area contributed by atoms with Crippen molar-refractivity contribution in [2.24, 2.45) is 0 Å². The molecular formula is C12H16Br2FNO. The number of nitrogens with zero attached hydrogens (tertiary/aromatic N) is 1. The maximum Gasteiger partial charge on any atom is 0.137 e. The van der Waals surface area contributed by atoms with E-state index in [1.165, 1.54) is 6.07 Å². The molecule has 0 saturated heterocycles. The predicted molar refractivity (Wildman–Crippen MR) is 75.0 cm³/mol. The summed E-state index contributed by atoms with van der Waals surface area (Å²) in [5.74, 6) is -0.224. The molecule has 96 valence electrons. The van der Waals surface area contributed by atoms with Crippen molar-refractivity contribution in [1.82, 2.24) is 4.90 Å². The lowest BCUT2D eigenvalue weighted by Gasteiger charge is -2.21. The smallest absolute Gasteiger partial charge is 0.137 e. The molecule has 1 aromatic carbocycles. The van der Waals surface area contributed by atoms with Crippen molar-refractivity contribution < 1.29 is 9.13 Å². The molecule has 0 aliphatic carbocycles. The van der Waals surface area contributed by atoms with E-state index in [9.17, 15) is 4.39 Å². The average molecular weight is 369 g/mol. The average Bonchev–Trinajstić information content (AvgIpc) is 2.31. The zero-order valence-electron chi connectivity index (χ0n) is 9.76. The lowest BCUT2D eigenvalue weighted by molar-refractivity contribution is 0.148. The van der Waals surface area contributed by atoms with Crippen molar-refractivity contribution in [3.63, 3.8) is 0 Å². The molecule has 0 aliphatic heterocycles. The van der Waals surface area contributed by atoms with Crippen LogP contribution in [0.3, 0.4) is 0 Å². The second-order valence-electron chi connectivity index (χ2n) is 3.71. The summed E-state index contributed by atoms with van der Waals surface area (Å²) in [6, 6.07) is 5.12. The third-order valence-electron chi connectivity index (χ3n) is 2.40. The first-order chi connectivity index (χ1) is 8.17. The first-order valence-electron chi connectivity index (χ1n) is 5.38. The predicted octanol–water partition coefficient (Wildman–Crippen LogP) is 3.43. The van der Waals surface area contributed by atoms with Gasteiger partial charge in [0.05, 0.1) is 11.1 Å². The molecule has 0 atom stereocenters. The lowest BCUT2D eigenvalue weighted by atomic mass is 10.2. The van der Waals surface area contributed by atoms with Gasteiger partial charge < -0.3 is 4.74 Å². The Hall–Kier alpha value is 0.0300. The Morgan fingerprint density at radius 2 is 2.12 bits per heavy atom. The molecule has 0 N–H and O–H groups in total. The van der Waals surface area contributed by atoms with Crippen LogP contribution in [-0.4, -0.2) is 37.0 Å². The molecule has 5 heteroatoms. The Balaban J connectivity index is 2.61. The van der Waals surface area contributed by atoms with Crippen LogP contribution in [0.4, 0.5) is 4.39 Å². The normalized spacial score (nSPS) is 11.1. The van der Waals surface area contributed by atoms with Crippen molar-refractivity contribution in [1.29, 1.82) is 0 Å². The van der Waals surface area contributed by atoms with E-state index >= 15 is 0 Å². The van der Waals surface area contributed by atoms with Crippen LogP contribution in [0.5, 0.6) is 0 Å². The molecule has 2 nitrogen and oxygen atoms in total. The SMILES string of the molecule is COCCN(CCBr)Cc1ccc(F)c(Br)c1. The number of hydrogen-bond donors (Lipinski definition) is 0. The third-order valence-corrected chi connectivity index (χ3v) is 3.36. The highest BCUT2D eigenvalue weighted by molar-refractivity contribution is 9.10. The Bertz CT molecular complexity index is 349. The van der Waals surface area contributed by atoms with Crippen molar-refractivity contribution in [2.75, 3.05) is 32.1 Å². The molecule has 0 aromatic heterocycles. The molecule has 0 unspecified atom stereocenters. The van der Waals surface area contributed by atoms with Crippen LogP contribution in [-0.2, 0) is 11.3 Å². The molecule has 0 heterocycles. The molecule has 1 aromatic rings. The molecule has 17 heavy (non-hydrogen) atoms. The number of ether oxygens (including phenoxy) is 1. The maximum atomic E-state index is 13.1. The van der Waals surface area contributed by atoms with Crippen LogP contribution < -0.4 is 0 Å². The van der Waals surface area contributed by atoms with E-state index in [1.54, 1.807) is 7.11 Å². The summed E-state index contributed by atoms with van der Waals surface area (Å²) in [6.45, 7) is 3.32. The van der Waals surface area contributed by atoms with Gasteiger partial charge in [0.15, 0.2) is 0 Å². The standard InChI is InChI=1S/C12H16Br2FNO/c1-17-7-6-16(5-4-13)9-10-2-3-12(15)11(14)8-10/h2-3,8H,4-7,9H2,1H3. The molecule has 0 saturated carbocycles. The molecule has 1 rings (SSSR count). The number of rotatable bonds is 7. The van der Waals surface area contributed by atoms with E-state index in [1.807, 2.05) is 12.1 Å². The zero-order valence-corrected chi connectivity index (χ0v) is 12.9. The van der Waals surface area contributed by atoms with Gasteiger partial charge in [-0.25, -0.2) is 4.39 Å². The van der Waals surface area contributed by atoms with Gasteiger partial charge in [-0.05, 0) is 33.6 Å². The van der Waals surface area contributed by atoms with E-state index in [2.05, 4.69) is 36.8 Å².